The highest BCUT2D eigenvalue weighted by molar-refractivity contribution is 7.13. The lowest BCUT2D eigenvalue weighted by molar-refractivity contribution is -0.117. The van der Waals surface area contributed by atoms with Crippen LogP contribution in [0.15, 0.2) is 29.6 Å². The molecule has 142 valence electrons. The maximum absolute atomic E-state index is 12.5. The van der Waals surface area contributed by atoms with Gasteiger partial charge in [0.2, 0.25) is 5.91 Å². The fourth-order valence-corrected chi connectivity index (χ4v) is 4.36. The lowest BCUT2D eigenvalue weighted by Crippen LogP contribution is -2.29. The van der Waals surface area contributed by atoms with Crippen molar-refractivity contribution in [2.45, 2.75) is 38.6 Å². The lowest BCUT2D eigenvalue weighted by Gasteiger charge is -2.25. The average molecular weight is 385 g/mol. The highest BCUT2D eigenvalue weighted by Crippen LogP contribution is 2.23. The molecule has 0 aliphatic carbocycles. The van der Waals surface area contributed by atoms with E-state index in [1.807, 2.05) is 17.5 Å². The monoisotopic (exact) mass is 384 g/mol. The average Bonchev–Trinajstić information content (AvgIpc) is 3.31. The zero-order valence-corrected chi connectivity index (χ0v) is 16.1. The smallest absolute Gasteiger partial charge is 0.257 e. The van der Waals surface area contributed by atoms with E-state index in [2.05, 4.69) is 15.2 Å². The number of rotatable bonds is 5. The first-order valence-corrected chi connectivity index (χ1v) is 10.5. The van der Waals surface area contributed by atoms with Crippen LogP contribution in [0.1, 0.15) is 48.2 Å². The van der Waals surface area contributed by atoms with Gasteiger partial charge in [-0.25, -0.2) is 4.98 Å². The summed E-state index contributed by atoms with van der Waals surface area (Å²) >= 11 is 1.46. The number of likely N-dealkylation sites (tertiary alicyclic amines) is 1. The first-order chi connectivity index (χ1) is 13.2. The molecule has 2 aliphatic rings. The van der Waals surface area contributed by atoms with Crippen LogP contribution in [0.3, 0.4) is 0 Å². The molecule has 1 aromatic heterocycles. The molecule has 0 atom stereocenters. The first-order valence-electron chi connectivity index (χ1n) is 9.57. The molecule has 0 bridgehead atoms. The van der Waals surface area contributed by atoms with Crippen LogP contribution in [0.4, 0.5) is 10.8 Å². The molecule has 6 nitrogen and oxygen atoms in total. The van der Waals surface area contributed by atoms with E-state index in [1.165, 1.54) is 30.6 Å². The van der Waals surface area contributed by atoms with Crippen molar-refractivity contribution in [2.24, 2.45) is 0 Å². The highest BCUT2D eigenvalue weighted by Gasteiger charge is 2.21. The summed E-state index contributed by atoms with van der Waals surface area (Å²) in [6.07, 6.45) is 5.33. The normalized spacial score (nSPS) is 18.1. The molecule has 2 aliphatic heterocycles. The molecule has 0 saturated carbocycles. The van der Waals surface area contributed by atoms with Gasteiger partial charge in [-0.15, -0.1) is 11.3 Å². The molecule has 4 rings (SSSR count). The Labute approximate surface area is 163 Å². The summed E-state index contributed by atoms with van der Waals surface area (Å²) in [5.41, 5.74) is 2.44. The Morgan fingerprint density at radius 3 is 2.56 bits per heavy atom. The molecule has 2 fully saturated rings. The molecule has 27 heavy (non-hydrogen) atoms. The number of anilines is 2. The Morgan fingerprint density at radius 2 is 1.85 bits per heavy atom. The van der Waals surface area contributed by atoms with Crippen LogP contribution in [0.5, 0.6) is 0 Å². The third-order valence-electron chi connectivity index (χ3n) is 5.12. The van der Waals surface area contributed by atoms with Crippen molar-refractivity contribution in [3.8, 4) is 0 Å². The van der Waals surface area contributed by atoms with Gasteiger partial charge in [0, 0.05) is 36.1 Å². The van der Waals surface area contributed by atoms with E-state index in [4.69, 9.17) is 0 Å². The number of piperidine rings is 1. The van der Waals surface area contributed by atoms with E-state index in [0.717, 1.165) is 44.0 Å². The van der Waals surface area contributed by atoms with Gasteiger partial charge < -0.3 is 4.90 Å². The van der Waals surface area contributed by atoms with Gasteiger partial charge in [0.25, 0.3) is 5.91 Å². The Hall–Kier alpha value is -2.25. The van der Waals surface area contributed by atoms with E-state index in [1.54, 1.807) is 17.0 Å². The number of nitrogens with zero attached hydrogens (tertiary/aromatic N) is 3. The standard InChI is InChI=1S/C20H24N4O2S/c25-18-5-4-12-24(18)17-8-6-15(7-9-17)19(26)22-20-21-16(14-27-20)13-23-10-2-1-3-11-23/h6-9,14H,1-5,10-13H2,(H,21,22,26). The van der Waals surface area contributed by atoms with Crippen LogP contribution in [-0.2, 0) is 11.3 Å². The van der Waals surface area contributed by atoms with Gasteiger partial charge in [-0.3, -0.25) is 19.8 Å². The van der Waals surface area contributed by atoms with Crippen molar-refractivity contribution in [2.75, 3.05) is 29.9 Å². The maximum Gasteiger partial charge on any atom is 0.257 e. The number of hydrogen-bond donors (Lipinski definition) is 1. The number of aromatic nitrogens is 1. The predicted octanol–water partition coefficient (Wildman–Crippen LogP) is 3.51. The fraction of sp³-hybridized carbons (Fsp3) is 0.450. The molecule has 2 aromatic rings. The number of nitrogens with one attached hydrogen (secondary N) is 1. The second kappa shape index (κ2) is 8.19. The predicted molar refractivity (Wildman–Crippen MR) is 107 cm³/mol. The zero-order valence-electron chi connectivity index (χ0n) is 15.3. The molecule has 3 heterocycles. The Bertz CT molecular complexity index is 812. The van der Waals surface area contributed by atoms with Gasteiger partial charge in [-0.1, -0.05) is 6.42 Å². The second-order valence-electron chi connectivity index (χ2n) is 7.13. The largest absolute Gasteiger partial charge is 0.312 e. The summed E-state index contributed by atoms with van der Waals surface area (Å²) in [4.78, 5) is 33.0. The number of thiazole rings is 1. The Kier molecular flexibility index (Phi) is 5.50. The van der Waals surface area contributed by atoms with Gasteiger partial charge in [0.15, 0.2) is 5.13 Å². The van der Waals surface area contributed by atoms with E-state index in [0.29, 0.717) is 17.1 Å². The summed E-state index contributed by atoms with van der Waals surface area (Å²) in [5.74, 6) is -0.0237. The highest BCUT2D eigenvalue weighted by atomic mass is 32.1. The summed E-state index contributed by atoms with van der Waals surface area (Å²) in [5, 5.41) is 5.53. The molecule has 2 amide bonds. The van der Waals surface area contributed by atoms with Crippen molar-refractivity contribution in [3.63, 3.8) is 0 Å². The van der Waals surface area contributed by atoms with Crippen LogP contribution >= 0.6 is 11.3 Å². The van der Waals surface area contributed by atoms with Crippen LogP contribution in [0.25, 0.3) is 0 Å². The Morgan fingerprint density at radius 1 is 1.07 bits per heavy atom. The Balaban J connectivity index is 1.35. The van der Waals surface area contributed by atoms with Crippen molar-refractivity contribution < 1.29 is 9.59 Å². The molecule has 1 N–H and O–H groups in total. The molecule has 0 spiro atoms. The molecule has 7 heteroatoms. The fourth-order valence-electron chi connectivity index (χ4n) is 3.67. The van der Waals surface area contributed by atoms with E-state index < -0.39 is 0 Å². The maximum atomic E-state index is 12.5. The molecule has 2 saturated heterocycles. The van der Waals surface area contributed by atoms with E-state index in [-0.39, 0.29) is 11.8 Å². The first kappa shape index (κ1) is 18.1. The molecule has 1 aromatic carbocycles. The zero-order chi connectivity index (χ0) is 18.6. The molecule has 0 radical (unpaired) electrons. The summed E-state index contributed by atoms with van der Waals surface area (Å²) < 4.78 is 0. The third kappa shape index (κ3) is 4.36. The summed E-state index contributed by atoms with van der Waals surface area (Å²) in [6, 6.07) is 7.20. The van der Waals surface area contributed by atoms with Crippen LogP contribution in [0.2, 0.25) is 0 Å². The minimum absolute atomic E-state index is 0.149. The van der Waals surface area contributed by atoms with Crippen molar-refractivity contribution in [3.05, 3.63) is 40.9 Å². The van der Waals surface area contributed by atoms with Crippen LogP contribution in [-0.4, -0.2) is 41.3 Å². The van der Waals surface area contributed by atoms with Crippen molar-refractivity contribution >= 4 is 34.0 Å². The van der Waals surface area contributed by atoms with Crippen molar-refractivity contribution in [1.82, 2.24) is 9.88 Å². The van der Waals surface area contributed by atoms with E-state index >= 15 is 0 Å². The minimum atomic E-state index is -0.173. The minimum Gasteiger partial charge on any atom is -0.312 e. The molecular formula is C20H24N4O2S. The third-order valence-corrected chi connectivity index (χ3v) is 5.93. The number of carbonyl (C=O) groups excluding carboxylic acids is 2. The quantitative estimate of drug-likeness (QED) is 0.857. The van der Waals surface area contributed by atoms with Crippen LogP contribution < -0.4 is 10.2 Å². The van der Waals surface area contributed by atoms with Gasteiger partial charge in [-0.2, -0.15) is 0 Å². The van der Waals surface area contributed by atoms with Crippen molar-refractivity contribution in [1.29, 1.82) is 0 Å². The number of amides is 2. The molecule has 0 unspecified atom stereocenters. The lowest BCUT2D eigenvalue weighted by atomic mass is 10.1. The number of hydrogen-bond acceptors (Lipinski definition) is 5. The second-order valence-corrected chi connectivity index (χ2v) is 7.99. The number of benzene rings is 1. The van der Waals surface area contributed by atoms with Gasteiger partial charge in [0.05, 0.1) is 5.69 Å². The number of carbonyl (C=O) groups is 2. The van der Waals surface area contributed by atoms with Gasteiger partial charge in [-0.05, 0) is 56.6 Å². The van der Waals surface area contributed by atoms with E-state index in [9.17, 15) is 9.59 Å². The topological polar surface area (TPSA) is 65.5 Å². The SMILES string of the molecule is O=C(Nc1nc(CN2CCCCC2)cs1)c1ccc(N2CCCC2=O)cc1. The van der Waals surface area contributed by atoms with Gasteiger partial charge in [0.1, 0.15) is 0 Å². The summed E-state index contributed by atoms with van der Waals surface area (Å²) in [7, 11) is 0. The van der Waals surface area contributed by atoms with Crippen LogP contribution in [0, 0.1) is 0 Å². The van der Waals surface area contributed by atoms with Gasteiger partial charge >= 0.3 is 0 Å². The molecular weight excluding hydrogens is 360 g/mol. The summed E-state index contributed by atoms with van der Waals surface area (Å²) in [6.45, 7) is 3.87.